The lowest BCUT2D eigenvalue weighted by molar-refractivity contribution is 0.119. The molecule has 168 valence electrons. The Hall–Kier alpha value is -3.04. The third-order valence-corrected chi connectivity index (χ3v) is 5.95. The minimum Gasteiger partial charge on any atom is -0.377 e. The van der Waals surface area contributed by atoms with Crippen molar-refractivity contribution in [2.75, 3.05) is 12.4 Å². The summed E-state index contributed by atoms with van der Waals surface area (Å²) in [4.78, 5) is 20.4. The molecule has 2 aromatic carbocycles. The summed E-state index contributed by atoms with van der Waals surface area (Å²) in [5, 5.41) is 6.02. The van der Waals surface area contributed by atoms with E-state index in [1.807, 2.05) is 39.0 Å². The van der Waals surface area contributed by atoms with Crippen molar-refractivity contribution in [2.45, 2.75) is 26.9 Å². The summed E-state index contributed by atoms with van der Waals surface area (Å²) < 4.78 is 5.37. The Morgan fingerprint density at radius 2 is 1.79 bits per heavy atom. The number of aromatic amines is 1. The average Bonchev–Trinajstić information content (AvgIpc) is 2.79. The largest absolute Gasteiger partial charge is 0.377 e. The fourth-order valence-electron chi connectivity index (χ4n) is 3.56. The number of methoxy groups -OCH3 is 1. The van der Waals surface area contributed by atoms with Crippen LogP contribution in [-0.2, 0) is 4.74 Å². The topological polar surface area (TPSA) is 67.0 Å². The highest BCUT2D eigenvalue weighted by Crippen LogP contribution is 2.38. The van der Waals surface area contributed by atoms with E-state index in [0.29, 0.717) is 37.8 Å². The maximum Gasteiger partial charge on any atom is 0.256 e. The zero-order valence-corrected chi connectivity index (χ0v) is 20.2. The lowest BCUT2D eigenvalue weighted by atomic mass is 10.0. The number of pyridine rings is 2. The Labute approximate surface area is 202 Å². The first kappa shape index (κ1) is 23.1. The zero-order valence-electron chi connectivity index (χ0n) is 18.7. The molecule has 0 spiro atoms. The molecule has 4 aromatic rings. The Morgan fingerprint density at radius 1 is 1.06 bits per heavy atom. The van der Waals surface area contributed by atoms with Gasteiger partial charge in [-0.05, 0) is 48.9 Å². The number of hydrogen-bond acceptors (Lipinski definition) is 4. The molecule has 0 amide bonds. The third kappa shape index (κ3) is 4.69. The number of H-pyrrole nitrogens is 1. The van der Waals surface area contributed by atoms with Gasteiger partial charge in [0.25, 0.3) is 5.56 Å². The first-order valence-corrected chi connectivity index (χ1v) is 11.3. The van der Waals surface area contributed by atoms with Crippen molar-refractivity contribution in [1.82, 2.24) is 9.97 Å². The zero-order chi connectivity index (χ0) is 23.7. The fraction of sp³-hybridized carbons (Fsp3) is 0.231. The van der Waals surface area contributed by atoms with E-state index in [0.717, 1.165) is 16.5 Å². The maximum absolute atomic E-state index is 12.8. The highest BCUT2D eigenvalue weighted by Gasteiger charge is 2.16. The first-order valence-electron chi connectivity index (χ1n) is 10.5. The third-order valence-electron chi connectivity index (χ3n) is 5.35. The number of halogens is 2. The maximum atomic E-state index is 12.8. The molecule has 0 unspecified atom stereocenters. The van der Waals surface area contributed by atoms with E-state index in [1.165, 1.54) is 0 Å². The van der Waals surface area contributed by atoms with Crippen molar-refractivity contribution < 1.29 is 4.74 Å². The highest BCUT2D eigenvalue weighted by atomic mass is 35.5. The molecular formula is C26H23Cl2N3O2. The normalized spacial score (nSPS) is 12.1. The SMILES string of the molecule is CO[C@H](C)c1cc(Cl)c(Nc2nc3ccc(C#CC(C)C)cc3c3c(=O)[nH]ccc23)c(Cl)c1. The molecule has 0 saturated carbocycles. The van der Waals surface area contributed by atoms with Crippen molar-refractivity contribution >= 4 is 56.4 Å². The number of aromatic nitrogens is 2. The minimum absolute atomic E-state index is 0.153. The summed E-state index contributed by atoms with van der Waals surface area (Å²) in [7, 11) is 1.63. The Bertz CT molecular complexity index is 1460. The Kier molecular flexibility index (Phi) is 6.62. The molecular weight excluding hydrogens is 457 g/mol. The van der Waals surface area contributed by atoms with Crippen molar-refractivity contribution in [2.24, 2.45) is 5.92 Å². The van der Waals surface area contributed by atoms with Gasteiger partial charge in [0, 0.05) is 35.6 Å². The molecule has 5 nitrogen and oxygen atoms in total. The van der Waals surface area contributed by atoms with Crippen LogP contribution in [0.25, 0.3) is 21.7 Å². The Morgan fingerprint density at radius 3 is 2.45 bits per heavy atom. The molecule has 0 aliphatic carbocycles. The quantitative estimate of drug-likeness (QED) is 0.248. The number of ether oxygens (including phenoxy) is 1. The van der Waals surface area contributed by atoms with Crippen molar-refractivity contribution in [3.63, 3.8) is 0 Å². The van der Waals surface area contributed by atoms with Gasteiger partial charge in [-0.25, -0.2) is 4.98 Å². The van der Waals surface area contributed by atoms with E-state index in [-0.39, 0.29) is 17.6 Å². The van der Waals surface area contributed by atoms with Gasteiger partial charge in [-0.1, -0.05) is 48.9 Å². The monoisotopic (exact) mass is 479 g/mol. The van der Waals surface area contributed by atoms with Crippen LogP contribution in [0.1, 0.15) is 38.0 Å². The van der Waals surface area contributed by atoms with E-state index < -0.39 is 0 Å². The molecule has 0 aliphatic heterocycles. The highest BCUT2D eigenvalue weighted by molar-refractivity contribution is 6.39. The second-order valence-electron chi connectivity index (χ2n) is 8.07. The molecule has 0 bridgehead atoms. The van der Waals surface area contributed by atoms with Crippen LogP contribution in [0.3, 0.4) is 0 Å². The predicted octanol–water partition coefficient (Wildman–Crippen LogP) is 6.84. The van der Waals surface area contributed by atoms with E-state index in [2.05, 4.69) is 22.1 Å². The predicted molar refractivity (Wildman–Crippen MR) is 137 cm³/mol. The van der Waals surface area contributed by atoms with Gasteiger partial charge in [0.15, 0.2) is 0 Å². The number of nitrogens with one attached hydrogen (secondary N) is 2. The van der Waals surface area contributed by atoms with Gasteiger partial charge in [-0.2, -0.15) is 0 Å². The number of anilines is 2. The molecule has 0 radical (unpaired) electrons. The molecule has 2 aromatic heterocycles. The summed E-state index contributed by atoms with van der Waals surface area (Å²) in [5.41, 5.74) is 2.66. The van der Waals surface area contributed by atoms with Crippen molar-refractivity contribution in [3.05, 3.63) is 74.1 Å². The van der Waals surface area contributed by atoms with E-state index in [1.54, 1.807) is 31.5 Å². The van der Waals surface area contributed by atoms with Gasteiger partial charge in [0.05, 0.1) is 32.7 Å². The average molecular weight is 480 g/mol. The van der Waals surface area contributed by atoms with Gasteiger partial charge in [0.2, 0.25) is 0 Å². The molecule has 7 heteroatoms. The number of nitrogens with zero attached hydrogens (tertiary/aromatic N) is 1. The second-order valence-corrected chi connectivity index (χ2v) is 8.89. The first-order chi connectivity index (χ1) is 15.8. The number of rotatable bonds is 4. The van der Waals surface area contributed by atoms with Crippen LogP contribution in [-0.4, -0.2) is 17.1 Å². The van der Waals surface area contributed by atoms with Crippen LogP contribution in [0.15, 0.2) is 47.4 Å². The summed E-state index contributed by atoms with van der Waals surface area (Å²) in [6, 6.07) is 11.1. The van der Waals surface area contributed by atoms with Gasteiger partial charge >= 0.3 is 0 Å². The summed E-state index contributed by atoms with van der Waals surface area (Å²) in [6.45, 7) is 5.98. The number of hydrogen-bond donors (Lipinski definition) is 2. The van der Waals surface area contributed by atoms with Crippen LogP contribution in [0.5, 0.6) is 0 Å². The molecule has 0 saturated heterocycles. The molecule has 0 fully saturated rings. The number of benzene rings is 2. The Balaban J connectivity index is 1.89. The van der Waals surface area contributed by atoms with Crippen LogP contribution in [0.4, 0.5) is 11.5 Å². The lowest BCUT2D eigenvalue weighted by Crippen LogP contribution is -2.08. The molecule has 0 aliphatic rings. The van der Waals surface area contributed by atoms with Gasteiger partial charge < -0.3 is 15.0 Å². The lowest BCUT2D eigenvalue weighted by Gasteiger charge is -2.16. The van der Waals surface area contributed by atoms with Crippen LogP contribution < -0.4 is 10.9 Å². The number of fused-ring (bicyclic) bond motifs is 3. The van der Waals surface area contributed by atoms with E-state index in [4.69, 9.17) is 32.9 Å². The summed E-state index contributed by atoms with van der Waals surface area (Å²) in [6.07, 6.45) is 1.44. The standard InChI is InChI=1S/C26H23Cl2N3O2/c1-14(2)5-6-16-7-8-22-19(11-16)23-18(9-10-29-26(23)32)25(30-22)31-24-20(27)12-17(13-21(24)28)15(3)33-4/h7-15H,1-4H3,(H,29,32)(H,30,31)/t15-/m1/s1. The van der Waals surface area contributed by atoms with Gasteiger partial charge in [0.1, 0.15) is 5.82 Å². The fourth-order valence-corrected chi connectivity index (χ4v) is 4.16. The molecule has 1 atom stereocenters. The van der Waals surface area contributed by atoms with Crippen molar-refractivity contribution in [3.8, 4) is 11.8 Å². The molecule has 4 rings (SSSR count). The molecule has 2 heterocycles. The molecule has 2 N–H and O–H groups in total. The van der Waals surface area contributed by atoms with Crippen LogP contribution in [0, 0.1) is 17.8 Å². The van der Waals surface area contributed by atoms with E-state index >= 15 is 0 Å². The summed E-state index contributed by atoms with van der Waals surface area (Å²) >= 11 is 13.1. The van der Waals surface area contributed by atoms with Crippen LogP contribution >= 0.6 is 23.2 Å². The molecule has 33 heavy (non-hydrogen) atoms. The summed E-state index contributed by atoms with van der Waals surface area (Å²) in [5.74, 6) is 7.05. The van der Waals surface area contributed by atoms with Crippen LogP contribution in [0.2, 0.25) is 10.0 Å². The van der Waals surface area contributed by atoms with E-state index in [9.17, 15) is 4.79 Å². The van der Waals surface area contributed by atoms with Gasteiger partial charge in [-0.3, -0.25) is 4.79 Å². The minimum atomic E-state index is -0.210. The van der Waals surface area contributed by atoms with Gasteiger partial charge in [-0.15, -0.1) is 0 Å². The second kappa shape index (κ2) is 9.44. The van der Waals surface area contributed by atoms with Crippen molar-refractivity contribution in [1.29, 1.82) is 0 Å². The smallest absolute Gasteiger partial charge is 0.256 e.